The molecular formula is C19H34IN5O2S. The Balaban J connectivity index is 0.00000392. The summed E-state index contributed by atoms with van der Waals surface area (Å²) in [7, 11) is 1.78. The van der Waals surface area contributed by atoms with Gasteiger partial charge in [-0.2, -0.15) is 0 Å². The number of amides is 1. The van der Waals surface area contributed by atoms with Gasteiger partial charge in [0.2, 0.25) is 0 Å². The third-order valence-corrected chi connectivity index (χ3v) is 5.57. The molecule has 9 heteroatoms. The van der Waals surface area contributed by atoms with Crippen LogP contribution in [0.3, 0.4) is 0 Å². The summed E-state index contributed by atoms with van der Waals surface area (Å²) in [5.74, 6) is 0.795. The molecule has 0 spiro atoms. The standard InChI is InChI=1S/C19H33N5O2S.HI/c1-12-13(2)27-16(22-12)11-21-17(20-6)23-14-7-9-15(10-8-14)24-18(25)26-19(3,4)5;/h14-15H,7-11H2,1-6H3,(H,24,25)(H2,20,21,23);1H. The van der Waals surface area contributed by atoms with Gasteiger partial charge in [0, 0.05) is 24.0 Å². The molecule has 1 aliphatic rings. The molecule has 0 atom stereocenters. The van der Waals surface area contributed by atoms with Gasteiger partial charge in [-0.05, 0) is 60.3 Å². The minimum absolute atomic E-state index is 0. The van der Waals surface area contributed by atoms with Gasteiger partial charge in [0.05, 0.1) is 12.2 Å². The summed E-state index contributed by atoms with van der Waals surface area (Å²) in [5.41, 5.74) is 0.630. The smallest absolute Gasteiger partial charge is 0.407 e. The van der Waals surface area contributed by atoms with Crippen LogP contribution in [0, 0.1) is 13.8 Å². The van der Waals surface area contributed by atoms with Crippen molar-refractivity contribution in [3.05, 3.63) is 15.6 Å². The van der Waals surface area contributed by atoms with Crippen LogP contribution in [0.2, 0.25) is 0 Å². The van der Waals surface area contributed by atoms with Crippen LogP contribution < -0.4 is 16.0 Å². The number of alkyl carbamates (subject to hydrolysis) is 1. The summed E-state index contributed by atoms with van der Waals surface area (Å²) in [5, 5.41) is 10.9. The van der Waals surface area contributed by atoms with Gasteiger partial charge in [-0.25, -0.2) is 9.78 Å². The number of carbonyl (C=O) groups excluding carboxylic acids is 1. The van der Waals surface area contributed by atoms with E-state index in [0.717, 1.165) is 42.3 Å². The number of aliphatic imine (C=N–C) groups is 1. The molecule has 28 heavy (non-hydrogen) atoms. The number of aromatic nitrogens is 1. The number of thiazole rings is 1. The molecule has 160 valence electrons. The van der Waals surface area contributed by atoms with Crippen molar-refractivity contribution in [1.29, 1.82) is 0 Å². The molecule has 3 N–H and O–H groups in total. The Morgan fingerprint density at radius 3 is 2.21 bits per heavy atom. The van der Waals surface area contributed by atoms with E-state index in [0.29, 0.717) is 12.6 Å². The van der Waals surface area contributed by atoms with E-state index in [4.69, 9.17) is 4.74 Å². The van der Waals surface area contributed by atoms with Gasteiger partial charge in [0.1, 0.15) is 10.6 Å². The Labute approximate surface area is 189 Å². The number of ether oxygens (including phenoxy) is 1. The number of aryl methyl sites for hydroxylation is 2. The molecule has 0 saturated heterocycles. The second-order valence-electron chi connectivity index (χ2n) is 8.01. The second-order valence-corrected chi connectivity index (χ2v) is 9.30. The third-order valence-electron chi connectivity index (χ3n) is 4.49. The van der Waals surface area contributed by atoms with Gasteiger partial charge in [-0.3, -0.25) is 4.99 Å². The quantitative estimate of drug-likeness (QED) is 0.317. The average molecular weight is 523 g/mol. The van der Waals surface area contributed by atoms with Crippen LogP contribution in [0.1, 0.15) is 62.0 Å². The van der Waals surface area contributed by atoms with Gasteiger partial charge >= 0.3 is 6.09 Å². The van der Waals surface area contributed by atoms with Gasteiger partial charge in [0.15, 0.2) is 5.96 Å². The number of nitrogens with one attached hydrogen (secondary N) is 3. The fourth-order valence-corrected chi connectivity index (χ4v) is 3.89. The molecule has 7 nitrogen and oxygen atoms in total. The van der Waals surface area contributed by atoms with Crippen molar-refractivity contribution < 1.29 is 9.53 Å². The Kier molecular flexibility index (Phi) is 9.96. The molecule has 0 aromatic carbocycles. The molecule has 0 bridgehead atoms. The largest absolute Gasteiger partial charge is 0.444 e. The molecular weight excluding hydrogens is 489 g/mol. The van der Waals surface area contributed by atoms with E-state index in [9.17, 15) is 4.79 Å². The highest BCUT2D eigenvalue weighted by molar-refractivity contribution is 14.0. The molecule has 0 unspecified atom stereocenters. The lowest BCUT2D eigenvalue weighted by Crippen LogP contribution is -2.47. The zero-order valence-electron chi connectivity index (χ0n) is 17.7. The lowest BCUT2D eigenvalue weighted by molar-refractivity contribution is 0.0490. The van der Waals surface area contributed by atoms with E-state index in [2.05, 4.69) is 32.9 Å². The Morgan fingerprint density at radius 2 is 1.75 bits per heavy atom. The fraction of sp³-hybridized carbons (Fsp3) is 0.737. The van der Waals surface area contributed by atoms with Crippen LogP contribution in [0.5, 0.6) is 0 Å². The van der Waals surface area contributed by atoms with Crippen LogP contribution in [-0.2, 0) is 11.3 Å². The van der Waals surface area contributed by atoms with Gasteiger partial charge in [-0.1, -0.05) is 0 Å². The average Bonchev–Trinajstić information content (AvgIpc) is 2.89. The molecule has 1 saturated carbocycles. The van der Waals surface area contributed by atoms with Crippen LogP contribution in [0.4, 0.5) is 4.79 Å². The van der Waals surface area contributed by atoms with Crippen LogP contribution in [0.15, 0.2) is 4.99 Å². The first-order chi connectivity index (χ1) is 12.7. The van der Waals surface area contributed by atoms with E-state index in [1.165, 1.54) is 4.88 Å². The first kappa shape index (κ1) is 24.9. The maximum atomic E-state index is 11.9. The molecule has 1 aliphatic carbocycles. The van der Waals surface area contributed by atoms with Gasteiger partial charge in [0.25, 0.3) is 0 Å². The zero-order chi connectivity index (χ0) is 20.0. The number of rotatable bonds is 4. The van der Waals surface area contributed by atoms with E-state index in [1.54, 1.807) is 18.4 Å². The summed E-state index contributed by atoms with van der Waals surface area (Å²) < 4.78 is 5.33. The summed E-state index contributed by atoms with van der Waals surface area (Å²) >= 11 is 1.71. The van der Waals surface area contributed by atoms with Crippen molar-refractivity contribution in [2.45, 2.75) is 84.5 Å². The highest BCUT2D eigenvalue weighted by atomic mass is 127. The number of halogens is 1. The SMILES string of the molecule is CN=C(NCc1nc(C)c(C)s1)NC1CCC(NC(=O)OC(C)(C)C)CC1.I. The van der Waals surface area contributed by atoms with Crippen molar-refractivity contribution in [3.8, 4) is 0 Å². The predicted octanol–water partition coefficient (Wildman–Crippen LogP) is 3.88. The number of hydrogen-bond donors (Lipinski definition) is 3. The molecule has 0 radical (unpaired) electrons. The van der Waals surface area contributed by atoms with E-state index < -0.39 is 5.60 Å². The molecule has 1 aromatic rings. The molecule has 1 heterocycles. The third kappa shape index (κ3) is 8.50. The topological polar surface area (TPSA) is 87.6 Å². The monoisotopic (exact) mass is 523 g/mol. The van der Waals surface area contributed by atoms with Crippen molar-refractivity contribution in [2.24, 2.45) is 4.99 Å². The molecule has 1 amide bonds. The van der Waals surface area contributed by atoms with Crippen LogP contribution in [-0.4, -0.2) is 41.8 Å². The molecule has 1 fully saturated rings. The predicted molar refractivity (Wildman–Crippen MR) is 126 cm³/mol. The van der Waals surface area contributed by atoms with Gasteiger partial charge in [-0.15, -0.1) is 35.3 Å². The van der Waals surface area contributed by atoms with Crippen molar-refractivity contribution in [1.82, 2.24) is 20.9 Å². The maximum Gasteiger partial charge on any atom is 0.407 e. The van der Waals surface area contributed by atoms with E-state index in [-0.39, 0.29) is 36.1 Å². The van der Waals surface area contributed by atoms with E-state index in [1.807, 2.05) is 27.7 Å². The molecule has 2 rings (SSSR count). The molecule has 0 aliphatic heterocycles. The Hall–Kier alpha value is -1.10. The highest BCUT2D eigenvalue weighted by Crippen LogP contribution is 2.20. The highest BCUT2D eigenvalue weighted by Gasteiger charge is 2.25. The number of nitrogens with zero attached hydrogens (tertiary/aromatic N) is 2. The second kappa shape index (κ2) is 11.2. The van der Waals surface area contributed by atoms with Crippen LogP contribution in [0.25, 0.3) is 0 Å². The minimum Gasteiger partial charge on any atom is -0.444 e. The number of guanidine groups is 1. The van der Waals surface area contributed by atoms with Crippen molar-refractivity contribution >= 4 is 47.4 Å². The molecule has 1 aromatic heterocycles. The first-order valence-electron chi connectivity index (χ1n) is 9.56. The summed E-state index contributed by atoms with van der Waals surface area (Å²) in [6.07, 6.45) is 3.50. The van der Waals surface area contributed by atoms with Gasteiger partial charge < -0.3 is 20.7 Å². The maximum absolute atomic E-state index is 11.9. The zero-order valence-corrected chi connectivity index (χ0v) is 20.9. The first-order valence-corrected chi connectivity index (χ1v) is 10.4. The Morgan fingerprint density at radius 1 is 1.18 bits per heavy atom. The Bertz CT molecular complexity index is 644. The lowest BCUT2D eigenvalue weighted by atomic mass is 9.91. The summed E-state index contributed by atoms with van der Waals surface area (Å²) in [4.78, 5) is 22.0. The normalized spacial score (nSPS) is 20.1. The minimum atomic E-state index is -0.463. The number of hydrogen-bond acceptors (Lipinski definition) is 5. The van der Waals surface area contributed by atoms with E-state index >= 15 is 0 Å². The van der Waals surface area contributed by atoms with Crippen molar-refractivity contribution in [3.63, 3.8) is 0 Å². The van der Waals surface area contributed by atoms with Crippen molar-refractivity contribution in [2.75, 3.05) is 7.05 Å². The van der Waals surface area contributed by atoms with Crippen LogP contribution >= 0.6 is 35.3 Å². The summed E-state index contributed by atoms with van der Waals surface area (Å²) in [6, 6.07) is 0.529. The number of carbonyl (C=O) groups is 1. The fourth-order valence-electron chi connectivity index (χ4n) is 3.02. The summed E-state index contributed by atoms with van der Waals surface area (Å²) in [6.45, 7) is 10.4. The lowest BCUT2D eigenvalue weighted by Gasteiger charge is -2.31.